The molecule has 1 aromatic heterocycles. The Morgan fingerprint density at radius 3 is 2.00 bits per heavy atom. The number of nitrogens with zero attached hydrogens (tertiary/aromatic N) is 2. The standard InChI is InChI=1S/C8H4BClF3N2.K/c10-6-4-8-7(14-1-2-15-8)3-5(6)9(11,12)13;/h1-4H;/q-1;+1. The Morgan fingerprint density at radius 1 is 1.00 bits per heavy atom. The van der Waals surface area contributed by atoms with Gasteiger partial charge in [0.15, 0.2) is 0 Å². The molecule has 0 N–H and O–H groups in total. The molecular formula is C8H4BClF3KN2. The third-order valence-electron chi connectivity index (χ3n) is 1.94. The van der Waals surface area contributed by atoms with Gasteiger partial charge in [-0.15, -0.1) is 0 Å². The van der Waals surface area contributed by atoms with Crippen LogP contribution in [0, 0.1) is 0 Å². The molecule has 0 saturated heterocycles. The van der Waals surface area contributed by atoms with Gasteiger partial charge in [-0.05, 0) is 6.07 Å². The van der Waals surface area contributed by atoms with E-state index >= 15 is 0 Å². The number of aromatic nitrogens is 2. The van der Waals surface area contributed by atoms with Crippen molar-refractivity contribution >= 4 is 35.1 Å². The minimum atomic E-state index is -5.11. The normalized spacial score (nSPS) is 11.2. The molecule has 0 bridgehead atoms. The summed E-state index contributed by atoms with van der Waals surface area (Å²) >= 11 is 5.52. The summed E-state index contributed by atoms with van der Waals surface area (Å²) in [6.45, 7) is -5.11. The van der Waals surface area contributed by atoms with Crippen molar-refractivity contribution in [2.45, 2.75) is 0 Å². The second kappa shape index (κ2) is 5.33. The predicted molar refractivity (Wildman–Crippen MR) is 53.3 cm³/mol. The van der Waals surface area contributed by atoms with E-state index in [2.05, 4.69) is 9.97 Å². The maximum Gasteiger partial charge on any atom is 1.00 e. The van der Waals surface area contributed by atoms with Crippen LogP contribution in [0.25, 0.3) is 11.0 Å². The van der Waals surface area contributed by atoms with Gasteiger partial charge in [-0.2, -0.15) is 0 Å². The van der Waals surface area contributed by atoms with Crippen LogP contribution in [0.15, 0.2) is 24.5 Å². The summed E-state index contributed by atoms with van der Waals surface area (Å²) in [7, 11) is 0. The Bertz CT molecular complexity index is 520. The van der Waals surface area contributed by atoms with Crippen LogP contribution in [0.4, 0.5) is 12.9 Å². The van der Waals surface area contributed by atoms with Crippen LogP contribution in [0.5, 0.6) is 0 Å². The maximum atomic E-state index is 12.5. The summed E-state index contributed by atoms with van der Waals surface area (Å²) in [6, 6.07) is 2.10. The Morgan fingerprint density at radius 2 is 1.50 bits per heavy atom. The van der Waals surface area contributed by atoms with E-state index in [4.69, 9.17) is 11.6 Å². The zero-order valence-electron chi connectivity index (χ0n) is 8.29. The Labute approximate surface area is 137 Å². The smallest absolute Gasteiger partial charge is 0.445 e. The van der Waals surface area contributed by atoms with Gasteiger partial charge in [0.2, 0.25) is 0 Å². The van der Waals surface area contributed by atoms with Gasteiger partial charge in [-0.1, -0.05) is 23.1 Å². The van der Waals surface area contributed by atoms with E-state index in [1.165, 1.54) is 18.5 Å². The summed E-state index contributed by atoms with van der Waals surface area (Å²) in [6.07, 6.45) is 2.74. The van der Waals surface area contributed by atoms with Gasteiger partial charge in [0.25, 0.3) is 0 Å². The minimum absolute atomic E-state index is 0. The van der Waals surface area contributed by atoms with Gasteiger partial charge in [0, 0.05) is 17.4 Å². The Kier molecular flexibility index (Phi) is 4.79. The summed E-state index contributed by atoms with van der Waals surface area (Å²) in [5.41, 5.74) is -0.285. The van der Waals surface area contributed by atoms with E-state index < -0.39 is 12.4 Å². The van der Waals surface area contributed by atoms with Crippen molar-refractivity contribution < 1.29 is 64.3 Å². The van der Waals surface area contributed by atoms with Gasteiger partial charge in [0.1, 0.15) is 0 Å². The number of fused-ring (bicyclic) bond motifs is 1. The molecule has 0 radical (unpaired) electrons. The van der Waals surface area contributed by atoms with Crippen LogP contribution in [0.1, 0.15) is 0 Å². The van der Waals surface area contributed by atoms with Crippen molar-refractivity contribution in [1.29, 1.82) is 0 Å². The molecule has 0 unspecified atom stereocenters. The number of halogens is 4. The van der Waals surface area contributed by atoms with Crippen molar-refractivity contribution in [2.24, 2.45) is 0 Å². The van der Waals surface area contributed by atoms with Crippen molar-refractivity contribution in [3.8, 4) is 0 Å². The Balaban J connectivity index is 0.00000128. The molecule has 8 heteroatoms. The van der Waals surface area contributed by atoms with Crippen LogP contribution in [-0.2, 0) is 0 Å². The monoisotopic (exact) mass is 270 g/mol. The van der Waals surface area contributed by atoms with Crippen LogP contribution < -0.4 is 56.8 Å². The molecule has 2 rings (SSSR count). The topological polar surface area (TPSA) is 25.8 Å². The fourth-order valence-corrected chi connectivity index (χ4v) is 1.53. The summed E-state index contributed by atoms with van der Waals surface area (Å²) in [5.74, 6) is 0. The largest absolute Gasteiger partial charge is 1.00 e. The molecule has 0 spiro atoms. The van der Waals surface area contributed by atoms with Gasteiger partial charge in [-0.25, -0.2) is 0 Å². The van der Waals surface area contributed by atoms with Crippen molar-refractivity contribution in [3.63, 3.8) is 0 Å². The first-order valence-electron chi connectivity index (χ1n) is 4.08. The number of benzene rings is 1. The molecule has 0 saturated carbocycles. The quantitative estimate of drug-likeness (QED) is 0.643. The molecule has 0 aliphatic heterocycles. The second-order valence-corrected chi connectivity index (χ2v) is 3.40. The van der Waals surface area contributed by atoms with Crippen LogP contribution in [-0.4, -0.2) is 16.9 Å². The van der Waals surface area contributed by atoms with E-state index in [0.717, 1.165) is 6.07 Å². The molecule has 78 valence electrons. The predicted octanol–water partition coefficient (Wildman–Crippen LogP) is -0.658. The van der Waals surface area contributed by atoms with Crippen molar-refractivity contribution in [1.82, 2.24) is 9.97 Å². The maximum absolute atomic E-state index is 12.5. The molecule has 0 fully saturated rings. The molecular weight excluding hydrogens is 266 g/mol. The third-order valence-corrected chi connectivity index (χ3v) is 2.27. The number of hydrogen-bond acceptors (Lipinski definition) is 2. The SMILES string of the molecule is F[B-](F)(F)c1cc2nccnc2cc1Cl.[K+]. The van der Waals surface area contributed by atoms with E-state index in [-0.39, 0.29) is 61.9 Å². The van der Waals surface area contributed by atoms with Crippen molar-refractivity contribution in [2.75, 3.05) is 0 Å². The molecule has 0 amide bonds. The molecule has 1 heterocycles. The zero-order valence-corrected chi connectivity index (χ0v) is 12.2. The molecule has 0 atom stereocenters. The van der Waals surface area contributed by atoms with E-state index in [1.807, 2.05) is 0 Å². The second-order valence-electron chi connectivity index (χ2n) is 2.99. The summed E-state index contributed by atoms with van der Waals surface area (Å²) < 4.78 is 37.5. The first kappa shape index (κ1) is 14.4. The summed E-state index contributed by atoms with van der Waals surface area (Å²) in [5, 5.41) is -0.337. The van der Waals surface area contributed by atoms with Crippen LogP contribution in [0.3, 0.4) is 0 Å². The molecule has 2 aromatic rings. The van der Waals surface area contributed by atoms with Gasteiger partial charge in [-0.3, -0.25) is 9.97 Å². The molecule has 2 nitrogen and oxygen atoms in total. The fourth-order valence-electron chi connectivity index (χ4n) is 1.25. The van der Waals surface area contributed by atoms with Gasteiger partial charge in [0.05, 0.1) is 11.0 Å². The van der Waals surface area contributed by atoms with E-state index in [0.29, 0.717) is 5.52 Å². The van der Waals surface area contributed by atoms with Crippen LogP contribution in [0.2, 0.25) is 5.02 Å². The minimum Gasteiger partial charge on any atom is -0.445 e. The fraction of sp³-hybridized carbons (Fsp3) is 0. The first-order chi connectivity index (χ1) is 6.98. The van der Waals surface area contributed by atoms with Crippen LogP contribution >= 0.6 is 11.6 Å². The van der Waals surface area contributed by atoms with Crippen molar-refractivity contribution in [3.05, 3.63) is 29.5 Å². The van der Waals surface area contributed by atoms with E-state index in [1.54, 1.807) is 0 Å². The summed E-state index contributed by atoms with van der Waals surface area (Å²) in [4.78, 5) is 7.64. The molecule has 0 aliphatic rings. The average molecular weight is 270 g/mol. The Hall–Kier alpha value is 0.341. The molecule has 0 aliphatic carbocycles. The van der Waals surface area contributed by atoms with Gasteiger partial charge < -0.3 is 12.9 Å². The zero-order chi connectivity index (χ0) is 11.1. The first-order valence-corrected chi connectivity index (χ1v) is 4.46. The van der Waals surface area contributed by atoms with E-state index in [9.17, 15) is 12.9 Å². The molecule has 16 heavy (non-hydrogen) atoms. The number of rotatable bonds is 1. The number of hydrogen-bond donors (Lipinski definition) is 0. The molecule has 1 aromatic carbocycles. The third kappa shape index (κ3) is 2.97. The van der Waals surface area contributed by atoms with Gasteiger partial charge >= 0.3 is 58.4 Å². The average Bonchev–Trinajstić information content (AvgIpc) is 2.15.